The molecule has 16 heavy (non-hydrogen) atoms. The fourth-order valence-electron chi connectivity index (χ4n) is 1.42. The van der Waals surface area contributed by atoms with Crippen LogP contribution in [0.5, 0.6) is 0 Å². The Morgan fingerprint density at radius 3 is 2.62 bits per heavy atom. The lowest BCUT2D eigenvalue weighted by Crippen LogP contribution is -2.31. The molecule has 2 N–H and O–H groups in total. The predicted octanol–water partition coefficient (Wildman–Crippen LogP) is 1.39. The van der Waals surface area contributed by atoms with Gasteiger partial charge in [-0.25, -0.2) is 12.8 Å². The second-order valence-electron chi connectivity index (χ2n) is 3.81. The van der Waals surface area contributed by atoms with Gasteiger partial charge < -0.3 is 5.73 Å². The van der Waals surface area contributed by atoms with E-state index in [4.69, 9.17) is 17.3 Å². The van der Waals surface area contributed by atoms with Crippen molar-refractivity contribution in [1.29, 1.82) is 0 Å². The second kappa shape index (κ2) is 5.12. The Morgan fingerprint density at radius 1 is 1.50 bits per heavy atom. The zero-order chi connectivity index (χ0) is 12.3. The maximum absolute atomic E-state index is 13.1. The van der Waals surface area contributed by atoms with Gasteiger partial charge in [0.05, 0.1) is 10.8 Å². The molecule has 0 fully saturated rings. The van der Waals surface area contributed by atoms with Crippen molar-refractivity contribution in [2.24, 2.45) is 5.73 Å². The third kappa shape index (κ3) is 4.47. The number of rotatable bonds is 4. The van der Waals surface area contributed by atoms with E-state index >= 15 is 0 Å². The van der Waals surface area contributed by atoms with E-state index in [-0.39, 0.29) is 10.8 Å². The Balaban J connectivity index is 2.70. The number of hydrogen-bond acceptors (Lipinski definition) is 3. The Labute approximate surface area is 99.3 Å². The van der Waals surface area contributed by atoms with Gasteiger partial charge in [-0.2, -0.15) is 0 Å². The minimum Gasteiger partial charge on any atom is -0.326 e. The summed E-state index contributed by atoms with van der Waals surface area (Å²) in [4.78, 5) is 0. The molecule has 3 nitrogen and oxygen atoms in total. The molecule has 0 saturated heterocycles. The third-order valence-corrected chi connectivity index (χ3v) is 3.34. The molecule has 1 unspecified atom stereocenters. The number of sulfone groups is 1. The number of halogens is 2. The van der Waals surface area contributed by atoms with E-state index in [0.717, 1.165) is 6.26 Å². The van der Waals surface area contributed by atoms with E-state index in [1.807, 2.05) is 0 Å². The van der Waals surface area contributed by atoms with Gasteiger partial charge in [-0.05, 0) is 24.1 Å². The lowest BCUT2D eigenvalue weighted by Gasteiger charge is -2.10. The molecule has 0 spiro atoms. The molecule has 0 bridgehead atoms. The molecule has 6 heteroatoms. The molecule has 1 aromatic rings. The summed E-state index contributed by atoms with van der Waals surface area (Å²) in [5, 5.41) is 0.0421. The maximum atomic E-state index is 13.1. The molecule has 0 heterocycles. The van der Waals surface area contributed by atoms with Crippen molar-refractivity contribution < 1.29 is 12.8 Å². The molecular formula is C10H13ClFNO2S. The minimum atomic E-state index is -3.11. The topological polar surface area (TPSA) is 60.2 Å². The molecular weight excluding hydrogens is 253 g/mol. The van der Waals surface area contributed by atoms with Crippen molar-refractivity contribution in [1.82, 2.24) is 0 Å². The SMILES string of the molecule is CS(=O)(=O)CC(N)Cc1ccc(Cl)c(F)c1. The average molecular weight is 266 g/mol. The summed E-state index contributed by atoms with van der Waals surface area (Å²) < 4.78 is 35.0. The first-order chi connectivity index (χ1) is 7.28. The van der Waals surface area contributed by atoms with Gasteiger partial charge in [0.1, 0.15) is 15.7 Å². The number of nitrogens with two attached hydrogens (primary N) is 1. The van der Waals surface area contributed by atoms with E-state index in [2.05, 4.69) is 0 Å². The van der Waals surface area contributed by atoms with Gasteiger partial charge >= 0.3 is 0 Å². The Bertz CT molecular complexity index is 476. The highest BCUT2D eigenvalue weighted by atomic mass is 35.5. The van der Waals surface area contributed by atoms with Crippen LogP contribution < -0.4 is 5.73 Å². The largest absolute Gasteiger partial charge is 0.326 e. The minimum absolute atomic E-state index is 0.0421. The van der Waals surface area contributed by atoms with Crippen LogP contribution in [0.4, 0.5) is 4.39 Å². The molecule has 1 rings (SSSR count). The predicted molar refractivity (Wildman–Crippen MR) is 62.8 cm³/mol. The lowest BCUT2D eigenvalue weighted by atomic mass is 10.1. The van der Waals surface area contributed by atoms with Crippen molar-refractivity contribution in [3.05, 3.63) is 34.6 Å². The van der Waals surface area contributed by atoms with Crippen molar-refractivity contribution in [3.63, 3.8) is 0 Å². The zero-order valence-electron chi connectivity index (χ0n) is 8.78. The number of benzene rings is 1. The highest BCUT2D eigenvalue weighted by Gasteiger charge is 2.12. The van der Waals surface area contributed by atoms with E-state index in [0.29, 0.717) is 12.0 Å². The summed E-state index contributed by atoms with van der Waals surface area (Å²) in [5.41, 5.74) is 6.28. The van der Waals surface area contributed by atoms with Crippen molar-refractivity contribution in [2.45, 2.75) is 12.5 Å². The van der Waals surface area contributed by atoms with E-state index in [1.165, 1.54) is 12.1 Å². The van der Waals surface area contributed by atoms with Crippen LogP contribution in [-0.2, 0) is 16.3 Å². The van der Waals surface area contributed by atoms with Crippen molar-refractivity contribution in [2.75, 3.05) is 12.0 Å². The highest BCUT2D eigenvalue weighted by Crippen LogP contribution is 2.16. The monoisotopic (exact) mass is 265 g/mol. The summed E-state index contributed by atoms with van der Waals surface area (Å²) in [6, 6.07) is 3.80. The fourth-order valence-corrected chi connectivity index (χ4v) is 2.43. The molecule has 0 amide bonds. The van der Waals surface area contributed by atoms with Gasteiger partial charge in [0.15, 0.2) is 0 Å². The molecule has 0 aliphatic heterocycles. The summed E-state index contributed by atoms with van der Waals surface area (Å²) in [7, 11) is -3.11. The highest BCUT2D eigenvalue weighted by molar-refractivity contribution is 7.90. The molecule has 1 aromatic carbocycles. The van der Waals surface area contributed by atoms with Crippen LogP contribution in [0.25, 0.3) is 0 Å². The molecule has 0 aliphatic carbocycles. The Hall–Kier alpha value is -0.650. The molecule has 0 radical (unpaired) electrons. The average Bonchev–Trinajstić information content (AvgIpc) is 2.08. The van der Waals surface area contributed by atoms with Crippen molar-refractivity contribution >= 4 is 21.4 Å². The van der Waals surface area contributed by atoms with Crippen LogP contribution in [0, 0.1) is 5.82 Å². The maximum Gasteiger partial charge on any atom is 0.148 e. The van der Waals surface area contributed by atoms with Crippen LogP contribution in [0.3, 0.4) is 0 Å². The van der Waals surface area contributed by atoms with E-state index < -0.39 is 21.7 Å². The summed E-state index contributed by atoms with van der Waals surface area (Å²) in [6.07, 6.45) is 1.43. The van der Waals surface area contributed by atoms with Gasteiger partial charge in [0.2, 0.25) is 0 Å². The van der Waals surface area contributed by atoms with Gasteiger partial charge in [-0.3, -0.25) is 0 Å². The molecule has 1 atom stereocenters. The van der Waals surface area contributed by atoms with Gasteiger partial charge in [0.25, 0.3) is 0 Å². The van der Waals surface area contributed by atoms with Crippen LogP contribution in [0.2, 0.25) is 5.02 Å². The van der Waals surface area contributed by atoms with Gasteiger partial charge in [0, 0.05) is 12.3 Å². The zero-order valence-corrected chi connectivity index (χ0v) is 10.4. The van der Waals surface area contributed by atoms with Crippen LogP contribution in [-0.4, -0.2) is 26.5 Å². The first-order valence-corrected chi connectivity index (χ1v) is 7.09. The molecule has 0 aliphatic rings. The summed E-state index contributed by atoms with van der Waals surface area (Å²) >= 11 is 5.52. The van der Waals surface area contributed by atoms with Crippen LogP contribution in [0.1, 0.15) is 5.56 Å². The Morgan fingerprint density at radius 2 is 2.12 bits per heavy atom. The van der Waals surface area contributed by atoms with E-state index in [1.54, 1.807) is 6.07 Å². The van der Waals surface area contributed by atoms with Gasteiger partial charge in [-0.15, -0.1) is 0 Å². The van der Waals surface area contributed by atoms with Crippen LogP contribution in [0.15, 0.2) is 18.2 Å². The third-order valence-electron chi connectivity index (χ3n) is 2.00. The smallest absolute Gasteiger partial charge is 0.148 e. The first-order valence-electron chi connectivity index (χ1n) is 4.65. The lowest BCUT2D eigenvalue weighted by molar-refractivity contribution is 0.590. The Kier molecular flexibility index (Phi) is 4.29. The second-order valence-corrected chi connectivity index (χ2v) is 6.40. The normalized spacial score (nSPS) is 13.8. The van der Waals surface area contributed by atoms with Crippen LogP contribution >= 0.6 is 11.6 Å². The molecule has 0 aromatic heterocycles. The summed E-state index contributed by atoms with van der Waals surface area (Å²) in [6.45, 7) is 0. The first kappa shape index (κ1) is 13.4. The summed E-state index contributed by atoms with van der Waals surface area (Å²) in [5.74, 6) is -0.636. The fraction of sp³-hybridized carbons (Fsp3) is 0.400. The quantitative estimate of drug-likeness (QED) is 0.895. The number of hydrogen-bond donors (Lipinski definition) is 1. The van der Waals surface area contributed by atoms with Crippen molar-refractivity contribution in [3.8, 4) is 0 Å². The molecule has 90 valence electrons. The van der Waals surface area contributed by atoms with Gasteiger partial charge in [-0.1, -0.05) is 17.7 Å². The van der Waals surface area contributed by atoms with E-state index in [9.17, 15) is 12.8 Å². The molecule has 0 saturated carbocycles. The standard InChI is InChI=1S/C10H13ClFNO2S/c1-16(14,15)6-8(13)4-7-2-3-9(11)10(12)5-7/h2-3,5,8H,4,6,13H2,1H3.